The van der Waals surface area contributed by atoms with E-state index in [2.05, 4.69) is 15.0 Å². The van der Waals surface area contributed by atoms with E-state index < -0.39 is 0 Å². The third kappa shape index (κ3) is 2.20. The molecule has 0 atom stereocenters. The van der Waals surface area contributed by atoms with Gasteiger partial charge in [-0.05, 0) is 18.3 Å². The van der Waals surface area contributed by atoms with Crippen molar-refractivity contribution in [3.63, 3.8) is 0 Å². The van der Waals surface area contributed by atoms with Crippen LogP contribution < -0.4 is 4.74 Å². The zero-order valence-electron chi connectivity index (χ0n) is 11.3. The molecule has 0 radical (unpaired) electrons. The van der Waals surface area contributed by atoms with E-state index in [1.807, 2.05) is 34.5 Å². The van der Waals surface area contributed by atoms with Crippen molar-refractivity contribution in [1.82, 2.24) is 24.1 Å². The fourth-order valence-electron chi connectivity index (χ4n) is 2.18. The molecule has 3 aromatic heterocycles. The molecule has 3 aromatic rings. The van der Waals surface area contributed by atoms with Crippen LogP contribution >= 0.6 is 12.2 Å². The van der Waals surface area contributed by atoms with Crippen LogP contribution in [0.1, 0.15) is 5.82 Å². The second-order valence-electron chi connectivity index (χ2n) is 4.51. The molecule has 104 valence electrons. The van der Waals surface area contributed by atoms with E-state index in [-0.39, 0.29) is 0 Å². The predicted octanol–water partition coefficient (Wildman–Crippen LogP) is 2.08. The lowest BCUT2D eigenvalue weighted by Gasteiger charge is -2.05. The quantitative estimate of drug-likeness (QED) is 0.747. The number of hydrogen-bond acceptors (Lipinski definition) is 4. The third-order valence-corrected chi connectivity index (χ3v) is 3.60. The van der Waals surface area contributed by atoms with Crippen LogP contribution in [0.25, 0.3) is 11.2 Å². The summed E-state index contributed by atoms with van der Waals surface area (Å²) in [7, 11) is 3.59. The SMILES string of the molecule is COc1ccc2[nH]c(=S)n(CCc3nccn3C)c2n1. The largest absolute Gasteiger partial charge is 0.481 e. The van der Waals surface area contributed by atoms with Crippen LogP contribution in [0.3, 0.4) is 0 Å². The summed E-state index contributed by atoms with van der Waals surface area (Å²) in [6, 6.07) is 3.74. The summed E-state index contributed by atoms with van der Waals surface area (Å²) in [4.78, 5) is 11.9. The molecule has 3 rings (SSSR count). The maximum atomic E-state index is 5.36. The van der Waals surface area contributed by atoms with Crippen molar-refractivity contribution in [2.45, 2.75) is 13.0 Å². The lowest BCUT2D eigenvalue weighted by molar-refractivity contribution is 0.399. The van der Waals surface area contributed by atoms with Gasteiger partial charge in [-0.2, -0.15) is 4.98 Å². The molecular weight excluding hydrogens is 274 g/mol. The Bertz CT molecular complexity index is 801. The molecule has 0 aliphatic rings. The summed E-state index contributed by atoms with van der Waals surface area (Å²) in [5.74, 6) is 1.60. The van der Waals surface area contributed by atoms with Crippen LogP contribution in [0.2, 0.25) is 0 Å². The van der Waals surface area contributed by atoms with Gasteiger partial charge in [-0.3, -0.25) is 0 Å². The average molecular weight is 289 g/mol. The Morgan fingerprint density at radius 1 is 1.40 bits per heavy atom. The standard InChI is InChI=1S/C13H15N5OS/c1-17-8-6-14-10(17)5-7-18-12-9(15-13(18)20)3-4-11(16-12)19-2/h3-4,6,8H,5,7H2,1-2H3,(H,15,20). The van der Waals surface area contributed by atoms with Gasteiger partial charge in [0.15, 0.2) is 10.4 Å². The summed E-state index contributed by atoms with van der Waals surface area (Å²) < 4.78 is 9.81. The fourth-order valence-corrected chi connectivity index (χ4v) is 2.47. The number of fused-ring (bicyclic) bond motifs is 1. The van der Waals surface area contributed by atoms with Crippen molar-refractivity contribution < 1.29 is 4.74 Å². The molecule has 3 heterocycles. The van der Waals surface area contributed by atoms with Crippen molar-refractivity contribution in [2.75, 3.05) is 7.11 Å². The monoisotopic (exact) mass is 289 g/mol. The van der Waals surface area contributed by atoms with Crippen LogP contribution in [-0.4, -0.2) is 31.2 Å². The highest BCUT2D eigenvalue weighted by Crippen LogP contribution is 2.16. The second kappa shape index (κ2) is 5.09. The van der Waals surface area contributed by atoms with Crippen LogP contribution in [0.4, 0.5) is 0 Å². The first-order valence-electron chi connectivity index (χ1n) is 6.29. The predicted molar refractivity (Wildman–Crippen MR) is 78.4 cm³/mol. The smallest absolute Gasteiger partial charge is 0.215 e. The number of aromatic amines is 1. The van der Waals surface area contributed by atoms with Gasteiger partial charge in [-0.15, -0.1) is 0 Å². The maximum Gasteiger partial charge on any atom is 0.215 e. The number of nitrogens with zero attached hydrogens (tertiary/aromatic N) is 4. The minimum absolute atomic E-state index is 0.581. The topological polar surface area (TPSA) is 60.7 Å². The zero-order chi connectivity index (χ0) is 14.1. The molecule has 0 aliphatic heterocycles. The number of methoxy groups -OCH3 is 1. The number of rotatable bonds is 4. The molecule has 0 amide bonds. The van der Waals surface area contributed by atoms with E-state index in [0.29, 0.717) is 10.7 Å². The number of nitrogens with one attached hydrogen (secondary N) is 1. The zero-order valence-corrected chi connectivity index (χ0v) is 12.1. The van der Waals surface area contributed by atoms with E-state index >= 15 is 0 Å². The highest BCUT2D eigenvalue weighted by molar-refractivity contribution is 7.71. The lowest BCUT2D eigenvalue weighted by Crippen LogP contribution is -2.06. The Morgan fingerprint density at radius 3 is 2.95 bits per heavy atom. The minimum atomic E-state index is 0.581. The average Bonchev–Trinajstić information content (AvgIpc) is 2.99. The molecule has 0 aliphatic carbocycles. The van der Waals surface area contributed by atoms with Crippen molar-refractivity contribution in [3.05, 3.63) is 35.1 Å². The summed E-state index contributed by atoms with van der Waals surface area (Å²) in [5, 5.41) is 0. The summed E-state index contributed by atoms with van der Waals surface area (Å²) in [5.41, 5.74) is 1.72. The second-order valence-corrected chi connectivity index (χ2v) is 4.90. The maximum absolute atomic E-state index is 5.36. The molecule has 6 nitrogen and oxygen atoms in total. The van der Waals surface area contributed by atoms with E-state index in [4.69, 9.17) is 17.0 Å². The van der Waals surface area contributed by atoms with Gasteiger partial charge in [0.1, 0.15) is 5.82 Å². The van der Waals surface area contributed by atoms with Crippen LogP contribution in [0, 0.1) is 4.77 Å². The van der Waals surface area contributed by atoms with E-state index in [1.165, 1.54) is 0 Å². The Morgan fingerprint density at radius 2 is 2.25 bits per heavy atom. The first kappa shape index (κ1) is 12.9. The minimum Gasteiger partial charge on any atom is -0.481 e. The van der Waals surface area contributed by atoms with Gasteiger partial charge in [-0.1, -0.05) is 0 Å². The third-order valence-electron chi connectivity index (χ3n) is 3.28. The summed E-state index contributed by atoms with van der Waals surface area (Å²) in [6.07, 6.45) is 4.53. The van der Waals surface area contributed by atoms with Crippen molar-refractivity contribution in [1.29, 1.82) is 0 Å². The number of hydrogen-bond donors (Lipinski definition) is 1. The molecule has 0 saturated heterocycles. The Labute approximate surface area is 121 Å². The van der Waals surface area contributed by atoms with Gasteiger partial charge >= 0.3 is 0 Å². The van der Waals surface area contributed by atoms with Gasteiger partial charge in [0, 0.05) is 38.5 Å². The van der Waals surface area contributed by atoms with Crippen LogP contribution in [0.15, 0.2) is 24.5 Å². The van der Waals surface area contributed by atoms with Gasteiger partial charge in [0.2, 0.25) is 5.88 Å². The molecule has 0 saturated carbocycles. The fraction of sp³-hybridized carbons (Fsp3) is 0.308. The van der Waals surface area contributed by atoms with Gasteiger partial charge < -0.3 is 18.9 Å². The van der Waals surface area contributed by atoms with Gasteiger partial charge in [0.25, 0.3) is 0 Å². The van der Waals surface area contributed by atoms with Gasteiger partial charge in [0.05, 0.1) is 12.6 Å². The first-order valence-corrected chi connectivity index (χ1v) is 6.69. The van der Waals surface area contributed by atoms with E-state index in [0.717, 1.165) is 30.0 Å². The normalized spacial score (nSPS) is 11.1. The van der Waals surface area contributed by atoms with Crippen LogP contribution in [0.5, 0.6) is 5.88 Å². The highest BCUT2D eigenvalue weighted by Gasteiger charge is 2.08. The molecule has 0 unspecified atom stereocenters. The first-order chi connectivity index (χ1) is 9.69. The summed E-state index contributed by atoms with van der Waals surface area (Å²) >= 11 is 5.36. The van der Waals surface area contributed by atoms with Crippen molar-refractivity contribution >= 4 is 23.4 Å². The molecule has 7 heteroatoms. The van der Waals surface area contributed by atoms with Crippen molar-refractivity contribution in [2.24, 2.45) is 7.05 Å². The Kier molecular flexibility index (Phi) is 3.27. The number of ether oxygens (including phenoxy) is 1. The van der Waals surface area contributed by atoms with E-state index in [9.17, 15) is 0 Å². The molecule has 1 N–H and O–H groups in total. The molecule has 0 bridgehead atoms. The van der Waals surface area contributed by atoms with E-state index in [1.54, 1.807) is 13.3 Å². The molecule has 0 fully saturated rings. The number of aryl methyl sites for hydroxylation is 3. The van der Waals surface area contributed by atoms with Crippen LogP contribution in [-0.2, 0) is 20.0 Å². The van der Waals surface area contributed by atoms with Crippen molar-refractivity contribution in [3.8, 4) is 5.88 Å². The molecule has 20 heavy (non-hydrogen) atoms. The highest BCUT2D eigenvalue weighted by atomic mass is 32.1. The van der Waals surface area contributed by atoms with Gasteiger partial charge in [-0.25, -0.2) is 4.98 Å². The number of pyridine rings is 1. The number of H-pyrrole nitrogens is 1. The Balaban J connectivity index is 1.96. The number of imidazole rings is 2. The Hall–Kier alpha value is -2.15. The molecule has 0 aromatic carbocycles. The summed E-state index contributed by atoms with van der Waals surface area (Å²) in [6.45, 7) is 0.726. The number of aromatic nitrogens is 5. The lowest BCUT2D eigenvalue weighted by atomic mass is 10.4. The molecule has 0 spiro atoms. The molecular formula is C13H15N5OS.